The molecule has 1 atom stereocenters. The molecule has 0 aromatic heterocycles. The van der Waals surface area contributed by atoms with Gasteiger partial charge in [0.05, 0.1) is 6.04 Å². The Kier molecular flexibility index (Phi) is 8.10. The Morgan fingerprint density at radius 2 is 1.25 bits per heavy atom. The molecule has 2 amide bonds. The van der Waals surface area contributed by atoms with Crippen LogP contribution in [0.2, 0.25) is 0 Å². The Bertz CT molecular complexity index is 1120. The van der Waals surface area contributed by atoms with E-state index in [0.29, 0.717) is 26.2 Å². The highest BCUT2D eigenvalue weighted by molar-refractivity contribution is 5.98. The van der Waals surface area contributed by atoms with E-state index in [4.69, 9.17) is 0 Å². The minimum Gasteiger partial charge on any atom is -0.340 e. The highest BCUT2D eigenvalue weighted by atomic mass is 19.1. The molecule has 1 aliphatic heterocycles. The van der Waals surface area contributed by atoms with E-state index >= 15 is 0 Å². The predicted octanol–water partition coefficient (Wildman–Crippen LogP) is 4.65. The molecule has 5 nitrogen and oxygen atoms in total. The normalized spacial score (nSPS) is 15.2. The van der Waals surface area contributed by atoms with Crippen molar-refractivity contribution in [2.45, 2.75) is 25.9 Å². The molecule has 1 aliphatic rings. The summed E-state index contributed by atoms with van der Waals surface area (Å²) in [6.07, 6.45) is 0. The van der Waals surface area contributed by atoms with E-state index in [1.54, 1.807) is 18.7 Å². The number of piperazine rings is 1. The second kappa shape index (κ2) is 11.4. The van der Waals surface area contributed by atoms with E-state index in [2.05, 4.69) is 34.5 Å². The van der Waals surface area contributed by atoms with Crippen LogP contribution >= 0.6 is 0 Å². The number of carbonyl (C=O) groups excluding carboxylic acids is 2. The van der Waals surface area contributed by atoms with E-state index in [0.717, 1.165) is 12.1 Å². The number of amides is 2. The summed E-state index contributed by atoms with van der Waals surface area (Å²) in [5.41, 5.74) is 1.69. The van der Waals surface area contributed by atoms with Gasteiger partial charge in [0.25, 0.3) is 5.91 Å². The third-order valence-corrected chi connectivity index (χ3v) is 6.63. The average molecular weight is 492 g/mol. The SMILES string of the molecule is CC(C)[C@@H](NC(=O)c1c(F)cccc1F)C(=O)N1CCN(C(c2ccccc2)c2ccccc2)CC1. The van der Waals surface area contributed by atoms with Gasteiger partial charge in [-0.05, 0) is 29.2 Å². The minimum absolute atomic E-state index is 0.0641. The number of hydrogen-bond acceptors (Lipinski definition) is 3. The zero-order valence-electron chi connectivity index (χ0n) is 20.5. The summed E-state index contributed by atoms with van der Waals surface area (Å²) in [4.78, 5) is 30.2. The van der Waals surface area contributed by atoms with Gasteiger partial charge in [-0.15, -0.1) is 0 Å². The van der Waals surface area contributed by atoms with Gasteiger partial charge in [0, 0.05) is 26.2 Å². The molecule has 1 saturated heterocycles. The number of carbonyl (C=O) groups is 2. The zero-order valence-corrected chi connectivity index (χ0v) is 20.5. The van der Waals surface area contributed by atoms with Crippen LogP contribution in [0, 0.1) is 17.6 Å². The van der Waals surface area contributed by atoms with E-state index in [-0.39, 0.29) is 17.9 Å². The van der Waals surface area contributed by atoms with E-state index in [1.807, 2.05) is 36.4 Å². The number of rotatable bonds is 7. The third kappa shape index (κ3) is 5.62. The Labute approximate surface area is 210 Å². The zero-order chi connectivity index (χ0) is 25.7. The Hall–Kier alpha value is -3.58. The van der Waals surface area contributed by atoms with Crippen LogP contribution in [0.3, 0.4) is 0 Å². The highest BCUT2D eigenvalue weighted by Crippen LogP contribution is 2.29. The maximum Gasteiger partial charge on any atom is 0.257 e. The van der Waals surface area contributed by atoms with Gasteiger partial charge in [-0.3, -0.25) is 14.5 Å². The smallest absolute Gasteiger partial charge is 0.257 e. The molecule has 0 unspecified atom stereocenters. The van der Waals surface area contributed by atoms with Gasteiger partial charge in [0.15, 0.2) is 0 Å². The summed E-state index contributed by atoms with van der Waals surface area (Å²) in [5.74, 6) is -3.33. The maximum atomic E-state index is 14.1. The van der Waals surface area contributed by atoms with Gasteiger partial charge in [-0.25, -0.2) is 8.78 Å². The van der Waals surface area contributed by atoms with Crippen LogP contribution < -0.4 is 5.32 Å². The van der Waals surface area contributed by atoms with Crippen LogP contribution in [0.25, 0.3) is 0 Å². The monoisotopic (exact) mass is 491 g/mol. The second-order valence-electron chi connectivity index (χ2n) is 9.38. The van der Waals surface area contributed by atoms with Crippen molar-refractivity contribution in [3.63, 3.8) is 0 Å². The molecule has 0 saturated carbocycles. The Morgan fingerprint density at radius 3 is 1.72 bits per heavy atom. The van der Waals surface area contributed by atoms with Crippen LogP contribution in [0.5, 0.6) is 0 Å². The van der Waals surface area contributed by atoms with Gasteiger partial charge in [-0.2, -0.15) is 0 Å². The molecule has 1 heterocycles. The molecule has 1 fully saturated rings. The molecule has 0 radical (unpaired) electrons. The first-order chi connectivity index (χ1) is 17.4. The number of benzene rings is 3. The predicted molar refractivity (Wildman–Crippen MR) is 135 cm³/mol. The fourth-order valence-corrected chi connectivity index (χ4v) is 4.72. The molecule has 3 aromatic carbocycles. The largest absolute Gasteiger partial charge is 0.340 e. The number of halogens is 2. The summed E-state index contributed by atoms with van der Waals surface area (Å²) >= 11 is 0. The quantitative estimate of drug-likeness (QED) is 0.523. The molecule has 0 aliphatic carbocycles. The third-order valence-electron chi connectivity index (χ3n) is 6.63. The summed E-state index contributed by atoms with van der Waals surface area (Å²) in [5, 5.41) is 2.57. The van der Waals surface area contributed by atoms with Gasteiger partial charge in [0.1, 0.15) is 23.2 Å². The van der Waals surface area contributed by atoms with Crippen LogP contribution in [-0.4, -0.2) is 53.8 Å². The van der Waals surface area contributed by atoms with Crippen molar-refractivity contribution in [3.8, 4) is 0 Å². The Morgan fingerprint density at radius 1 is 0.750 bits per heavy atom. The first-order valence-electron chi connectivity index (χ1n) is 12.2. The molecule has 188 valence electrons. The lowest BCUT2D eigenvalue weighted by Gasteiger charge is -2.41. The van der Waals surface area contributed by atoms with Gasteiger partial charge in [-0.1, -0.05) is 80.6 Å². The van der Waals surface area contributed by atoms with E-state index < -0.39 is 29.1 Å². The van der Waals surface area contributed by atoms with Crippen LogP contribution in [0.1, 0.15) is 41.4 Å². The lowest BCUT2D eigenvalue weighted by molar-refractivity contribution is -0.136. The van der Waals surface area contributed by atoms with E-state index in [1.165, 1.54) is 17.2 Å². The first-order valence-corrected chi connectivity index (χ1v) is 12.2. The minimum atomic E-state index is -0.955. The summed E-state index contributed by atoms with van der Waals surface area (Å²) < 4.78 is 28.2. The van der Waals surface area contributed by atoms with Crippen molar-refractivity contribution in [2.24, 2.45) is 5.92 Å². The van der Waals surface area contributed by atoms with Gasteiger partial charge in [0.2, 0.25) is 5.91 Å². The van der Waals surface area contributed by atoms with Crippen molar-refractivity contribution in [1.82, 2.24) is 15.1 Å². The van der Waals surface area contributed by atoms with Gasteiger partial charge >= 0.3 is 0 Å². The number of hydrogen-bond donors (Lipinski definition) is 1. The summed E-state index contributed by atoms with van der Waals surface area (Å²) in [7, 11) is 0. The average Bonchev–Trinajstić information content (AvgIpc) is 2.88. The van der Waals surface area contributed by atoms with Crippen molar-refractivity contribution in [3.05, 3.63) is 107 Å². The second-order valence-corrected chi connectivity index (χ2v) is 9.38. The van der Waals surface area contributed by atoms with Gasteiger partial charge < -0.3 is 10.2 Å². The standard InChI is InChI=1S/C29H31F2N3O2/c1-20(2)26(32-28(35)25-23(30)14-9-15-24(25)31)29(36)34-18-16-33(17-19-34)27(21-10-5-3-6-11-21)22-12-7-4-8-13-22/h3-15,20,26-27H,16-19H2,1-2H3,(H,32,35)/t26-/m1/s1. The summed E-state index contributed by atoms with van der Waals surface area (Å²) in [6, 6.07) is 23.0. The van der Waals surface area contributed by atoms with Crippen molar-refractivity contribution >= 4 is 11.8 Å². The lowest BCUT2D eigenvalue weighted by atomic mass is 9.96. The van der Waals surface area contributed by atoms with E-state index in [9.17, 15) is 18.4 Å². The van der Waals surface area contributed by atoms with Crippen molar-refractivity contribution in [1.29, 1.82) is 0 Å². The molecule has 3 aromatic rings. The summed E-state index contributed by atoms with van der Waals surface area (Å²) in [6.45, 7) is 5.89. The number of nitrogens with zero attached hydrogens (tertiary/aromatic N) is 2. The molecule has 4 rings (SSSR count). The van der Waals surface area contributed by atoms with Crippen molar-refractivity contribution in [2.75, 3.05) is 26.2 Å². The lowest BCUT2D eigenvalue weighted by Crippen LogP contribution is -2.56. The fraction of sp³-hybridized carbons (Fsp3) is 0.310. The molecular weight excluding hydrogens is 460 g/mol. The molecule has 0 spiro atoms. The fourth-order valence-electron chi connectivity index (χ4n) is 4.72. The van der Waals surface area contributed by atoms with Crippen molar-refractivity contribution < 1.29 is 18.4 Å². The molecule has 0 bridgehead atoms. The molecule has 36 heavy (non-hydrogen) atoms. The van der Waals surface area contributed by atoms with Crippen LogP contribution in [-0.2, 0) is 4.79 Å². The molecular formula is C29H31F2N3O2. The molecule has 7 heteroatoms. The topological polar surface area (TPSA) is 52.7 Å². The van der Waals surface area contributed by atoms with Crippen LogP contribution in [0.15, 0.2) is 78.9 Å². The number of nitrogens with one attached hydrogen (secondary N) is 1. The molecule has 1 N–H and O–H groups in total. The Balaban J connectivity index is 1.47. The first kappa shape index (κ1) is 25.5. The highest BCUT2D eigenvalue weighted by Gasteiger charge is 2.34. The van der Waals surface area contributed by atoms with Crippen LogP contribution in [0.4, 0.5) is 8.78 Å². The maximum absolute atomic E-state index is 14.1.